The van der Waals surface area contributed by atoms with E-state index in [4.69, 9.17) is 0 Å². The van der Waals surface area contributed by atoms with Crippen LogP contribution in [0.3, 0.4) is 0 Å². The number of hydrogen-bond donors (Lipinski definition) is 1. The van der Waals surface area contributed by atoms with E-state index in [9.17, 15) is 4.79 Å². The smallest absolute Gasteiger partial charge is 0.244 e. The largest absolute Gasteiger partial charge is 0.378 e. The van der Waals surface area contributed by atoms with Crippen LogP contribution in [0.2, 0.25) is 0 Å². The van der Waals surface area contributed by atoms with Crippen molar-refractivity contribution in [2.45, 2.75) is 6.42 Å². The molecular formula is C19H22N2O. The maximum atomic E-state index is 11.7. The number of anilines is 1. The van der Waals surface area contributed by atoms with Crippen molar-refractivity contribution in [2.24, 2.45) is 0 Å². The lowest BCUT2D eigenvalue weighted by molar-refractivity contribution is -0.116. The number of nitrogens with one attached hydrogen (secondary N) is 1. The predicted octanol–water partition coefficient (Wildman–Crippen LogP) is 3.12. The topological polar surface area (TPSA) is 32.3 Å². The Kier molecular flexibility index (Phi) is 5.78. The molecule has 114 valence electrons. The van der Waals surface area contributed by atoms with Gasteiger partial charge in [-0.05, 0) is 35.8 Å². The summed E-state index contributed by atoms with van der Waals surface area (Å²) >= 11 is 0. The first-order valence-corrected chi connectivity index (χ1v) is 7.42. The normalized spacial score (nSPS) is 10.6. The lowest BCUT2D eigenvalue weighted by Crippen LogP contribution is -2.23. The Morgan fingerprint density at radius 1 is 1.05 bits per heavy atom. The van der Waals surface area contributed by atoms with Crippen molar-refractivity contribution in [3.05, 3.63) is 71.8 Å². The molecule has 0 unspecified atom stereocenters. The summed E-state index contributed by atoms with van der Waals surface area (Å²) in [5.74, 6) is -0.0613. The molecule has 0 fully saturated rings. The van der Waals surface area contributed by atoms with Crippen molar-refractivity contribution < 1.29 is 4.79 Å². The maximum absolute atomic E-state index is 11.7. The van der Waals surface area contributed by atoms with Gasteiger partial charge in [0.25, 0.3) is 0 Å². The molecule has 0 radical (unpaired) electrons. The van der Waals surface area contributed by atoms with Crippen molar-refractivity contribution in [1.29, 1.82) is 0 Å². The van der Waals surface area contributed by atoms with E-state index < -0.39 is 0 Å². The molecular weight excluding hydrogens is 272 g/mol. The zero-order valence-electron chi connectivity index (χ0n) is 13.1. The van der Waals surface area contributed by atoms with Crippen LogP contribution in [0.5, 0.6) is 0 Å². The molecule has 3 nitrogen and oxygen atoms in total. The monoisotopic (exact) mass is 294 g/mol. The fourth-order valence-corrected chi connectivity index (χ4v) is 2.09. The number of carbonyl (C=O) groups is 1. The van der Waals surface area contributed by atoms with E-state index in [1.807, 2.05) is 50.5 Å². The summed E-state index contributed by atoms with van der Waals surface area (Å²) in [6.07, 6.45) is 4.23. The maximum Gasteiger partial charge on any atom is 0.244 e. The lowest BCUT2D eigenvalue weighted by Gasteiger charge is -2.12. The van der Waals surface area contributed by atoms with Gasteiger partial charge in [-0.3, -0.25) is 4.79 Å². The Morgan fingerprint density at radius 2 is 1.73 bits per heavy atom. The van der Waals surface area contributed by atoms with Crippen LogP contribution in [-0.2, 0) is 11.2 Å². The number of carbonyl (C=O) groups excluding carboxylic acids is 1. The van der Waals surface area contributed by atoms with Crippen LogP contribution >= 0.6 is 0 Å². The fourth-order valence-electron chi connectivity index (χ4n) is 2.09. The van der Waals surface area contributed by atoms with E-state index in [0.29, 0.717) is 6.54 Å². The molecule has 1 amide bonds. The fraction of sp³-hybridized carbons (Fsp3) is 0.211. The second-order valence-electron chi connectivity index (χ2n) is 5.35. The summed E-state index contributed by atoms with van der Waals surface area (Å²) in [6, 6.07) is 18.2. The van der Waals surface area contributed by atoms with Crippen molar-refractivity contribution >= 4 is 17.7 Å². The van der Waals surface area contributed by atoms with E-state index in [1.165, 1.54) is 11.3 Å². The molecule has 2 rings (SSSR count). The quantitative estimate of drug-likeness (QED) is 0.830. The van der Waals surface area contributed by atoms with Gasteiger partial charge in [-0.1, -0.05) is 42.5 Å². The SMILES string of the molecule is CN(C)c1ccc(CCNC(=O)/C=C/c2ccccc2)cc1. The van der Waals surface area contributed by atoms with Crippen LogP contribution in [0, 0.1) is 0 Å². The van der Waals surface area contributed by atoms with E-state index in [2.05, 4.69) is 34.5 Å². The van der Waals surface area contributed by atoms with Crippen molar-refractivity contribution in [1.82, 2.24) is 5.32 Å². The van der Waals surface area contributed by atoms with E-state index >= 15 is 0 Å². The third kappa shape index (κ3) is 5.09. The summed E-state index contributed by atoms with van der Waals surface area (Å²) in [7, 11) is 4.04. The summed E-state index contributed by atoms with van der Waals surface area (Å²) in [4.78, 5) is 13.8. The van der Waals surface area contributed by atoms with Crippen LogP contribution in [0.4, 0.5) is 5.69 Å². The van der Waals surface area contributed by atoms with Gasteiger partial charge in [0.05, 0.1) is 0 Å². The minimum Gasteiger partial charge on any atom is -0.378 e. The molecule has 2 aromatic rings. The van der Waals surface area contributed by atoms with Crippen molar-refractivity contribution in [3.8, 4) is 0 Å². The summed E-state index contributed by atoms with van der Waals surface area (Å²) in [5.41, 5.74) is 3.42. The highest BCUT2D eigenvalue weighted by atomic mass is 16.1. The van der Waals surface area contributed by atoms with E-state index in [-0.39, 0.29) is 5.91 Å². The number of benzene rings is 2. The summed E-state index contributed by atoms with van der Waals surface area (Å²) < 4.78 is 0. The molecule has 0 aliphatic carbocycles. The second kappa shape index (κ2) is 8.03. The average molecular weight is 294 g/mol. The van der Waals surface area contributed by atoms with Crippen molar-refractivity contribution in [3.63, 3.8) is 0 Å². The highest BCUT2D eigenvalue weighted by Gasteiger charge is 1.98. The van der Waals surface area contributed by atoms with Gasteiger partial charge in [0.15, 0.2) is 0 Å². The highest BCUT2D eigenvalue weighted by Crippen LogP contribution is 2.12. The Balaban J connectivity index is 1.76. The molecule has 0 aromatic heterocycles. The minimum atomic E-state index is -0.0613. The number of amides is 1. The Hall–Kier alpha value is -2.55. The van der Waals surface area contributed by atoms with Crippen LogP contribution in [0.25, 0.3) is 6.08 Å². The van der Waals surface area contributed by atoms with Crippen LogP contribution in [-0.4, -0.2) is 26.5 Å². The van der Waals surface area contributed by atoms with Crippen LogP contribution in [0.1, 0.15) is 11.1 Å². The first-order valence-electron chi connectivity index (χ1n) is 7.42. The molecule has 0 aliphatic heterocycles. The number of nitrogens with zero attached hydrogens (tertiary/aromatic N) is 1. The van der Waals surface area contributed by atoms with E-state index in [0.717, 1.165) is 12.0 Å². The molecule has 0 spiro atoms. The molecule has 0 saturated carbocycles. The van der Waals surface area contributed by atoms with Crippen LogP contribution in [0.15, 0.2) is 60.7 Å². The second-order valence-corrected chi connectivity index (χ2v) is 5.35. The molecule has 2 aromatic carbocycles. The van der Waals surface area contributed by atoms with Gasteiger partial charge in [0.2, 0.25) is 5.91 Å². The Labute approximate surface area is 132 Å². The Morgan fingerprint density at radius 3 is 2.36 bits per heavy atom. The minimum absolute atomic E-state index is 0.0613. The van der Waals surface area contributed by atoms with Crippen LogP contribution < -0.4 is 10.2 Å². The molecule has 0 saturated heterocycles. The Bertz CT molecular complexity index is 616. The van der Waals surface area contributed by atoms with Gasteiger partial charge < -0.3 is 10.2 Å². The molecule has 0 heterocycles. The first kappa shape index (κ1) is 15.8. The first-order chi connectivity index (χ1) is 10.6. The third-order valence-corrected chi connectivity index (χ3v) is 3.39. The van der Waals surface area contributed by atoms with Gasteiger partial charge in [0.1, 0.15) is 0 Å². The third-order valence-electron chi connectivity index (χ3n) is 3.39. The molecule has 0 aliphatic rings. The van der Waals surface area contributed by atoms with Gasteiger partial charge in [-0.15, -0.1) is 0 Å². The highest BCUT2D eigenvalue weighted by molar-refractivity contribution is 5.91. The molecule has 22 heavy (non-hydrogen) atoms. The average Bonchev–Trinajstić information content (AvgIpc) is 2.54. The molecule has 3 heteroatoms. The van der Waals surface area contributed by atoms with Gasteiger partial charge in [-0.25, -0.2) is 0 Å². The van der Waals surface area contributed by atoms with Gasteiger partial charge in [0, 0.05) is 32.4 Å². The molecule has 1 N–H and O–H groups in total. The predicted molar refractivity (Wildman–Crippen MR) is 93.0 cm³/mol. The summed E-state index contributed by atoms with van der Waals surface area (Å²) in [5, 5.41) is 2.90. The number of hydrogen-bond acceptors (Lipinski definition) is 2. The molecule has 0 atom stereocenters. The lowest BCUT2D eigenvalue weighted by atomic mass is 10.1. The number of rotatable bonds is 6. The van der Waals surface area contributed by atoms with Crippen molar-refractivity contribution in [2.75, 3.05) is 25.5 Å². The van der Waals surface area contributed by atoms with Gasteiger partial charge >= 0.3 is 0 Å². The standard InChI is InChI=1S/C19H22N2O/c1-21(2)18-11-8-17(9-12-18)14-15-20-19(22)13-10-16-6-4-3-5-7-16/h3-13H,14-15H2,1-2H3,(H,20,22)/b13-10+. The zero-order valence-corrected chi connectivity index (χ0v) is 13.1. The molecule has 0 bridgehead atoms. The zero-order chi connectivity index (χ0) is 15.8. The summed E-state index contributed by atoms with van der Waals surface area (Å²) in [6.45, 7) is 0.638. The van der Waals surface area contributed by atoms with E-state index in [1.54, 1.807) is 6.08 Å². The van der Waals surface area contributed by atoms with Gasteiger partial charge in [-0.2, -0.15) is 0 Å².